The summed E-state index contributed by atoms with van der Waals surface area (Å²) in [4.78, 5) is 22.0. The first kappa shape index (κ1) is 15.0. The standard InChI is InChI=1S/C13H18N2O4/c1-10(16)19-8-7-14-9-13(17)15-11-3-5-12(18-2)6-4-11/h3-6,14H,7-9H2,1-2H3,(H,15,17). The molecule has 0 aliphatic carbocycles. The number of methoxy groups -OCH3 is 1. The van der Waals surface area contributed by atoms with Gasteiger partial charge in [0.15, 0.2) is 0 Å². The summed E-state index contributed by atoms with van der Waals surface area (Å²) in [6, 6.07) is 7.05. The molecule has 0 aromatic heterocycles. The normalized spacial score (nSPS) is 9.79. The van der Waals surface area contributed by atoms with Crippen molar-refractivity contribution in [2.75, 3.05) is 32.1 Å². The molecule has 104 valence electrons. The number of carbonyl (C=O) groups is 2. The van der Waals surface area contributed by atoms with Crippen LogP contribution in [0.2, 0.25) is 0 Å². The van der Waals surface area contributed by atoms with Gasteiger partial charge in [0.05, 0.1) is 13.7 Å². The molecule has 1 aromatic rings. The van der Waals surface area contributed by atoms with Crippen LogP contribution in [0.3, 0.4) is 0 Å². The summed E-state index contributed by atoms with van der Waals surface area (Å²) in [5.74, 6) is 0.245. The van der Waals surface area contributed by atoms with E-state index < -0.39 is 0 Å². The van der Waals surface area contributed by atoms with E-state index in [1.165, 1.54) is 6.92 Å². The second-order valence-corrected chi connectivity index (χ2v) is 3.79. The van der Waals surface area contributed by atoms with Crippen molar-refractivity contribution in [3.63, 3.8) is 0 Å². The summed E-state index contributed by atoms with van der Waals surface area (Å²) >= 11 is 0. The summed E-state index contributed by atoms with van der Waals surface area (Å²) in [6.45, 7) is 2.20. The molecule has 0 radical (unpaired) electrons. The summed E-state index contributed by atoms with van der Waals surface area (Å²) in [5.41, 5.74) is 0.701. The SMILES string of the molecule is COc1ccc(NC(=O)CNCCOC(C)=O)cc1. The van der Waals surface area contributed by atoms with Gasteiger partial charge >= 0.3 is 5.97 Å². The third-order valence-corrected chi connectivity index (χ3v) is 2.24. The van der Waals surface area contributed by atoms with Gasteiger partial charge in [-0.1, -0.05) is 0 Å². The molecule has 19 heavy (non-hydrogen) atoms. The van der Waals surface area contributed by atoms with E-state index >= 15 is 0 Å². The van der Waals surface area contributed by atoms with E-state index in [-0.39, 0.29) is 25.0 Å². The Morgan fingerprint density at radius 1 is 1.21 bits per heavy atom. The summed E-state index contributed by atoms with van der Waals surface area (Å²) in [7, 11) is 1.58. The molecule has 1 amide bonds. The van der Waals surface area contributed by atoms with E-state index in [0.717, 1.165) is 5.75 Å². The fourth-order valence-electron chi connectivity index (χ4n) is 1.35. The van der Waals surface area contributed by atoms with Crippen molar-refractivity contribution in [1.82, 2.24) is 5.32 Å². The van der Waals surface area contributed by atoms with Crippen LogP contribution in [0.1, 0.15) is 6.92 Å². The molecule has 1 rings (SSSR count). The van der Waals surface area contributed by atoms with Crippen molar-refractivity contribution >= 4 is 17.6 Å². The number of esters is 1. The number of nitrogens with one attached hydrogen (secondary N) is 2. The topological polar surface area (TPSA) is 76.7 Å². The van der Waals surface area contributed by atoms with Gasteiger partial charge in [-0.2, -0.15) is 0 Å². The summed E-state index contributed by atoms with van der Waals surface area (Å²) in [5, 5.41) is 5.60. The predicted octanol–water partition coefficient (Wildman–Crippen LogP) is 0.786. The molecule has 0 spiro atoms. The van der Waals surface area contributed by atoms with Crippen LogP contribution in [0, 0.1) is 0 Å². The first-order valence-electron chi connectivity index (χ1n) is 5.90. The van der Waals surface area contributed by atoms with E-state index in [1.54, 1.807) is 31.4 Å². The highest BCUT2D eigenvalue weighted by Gasteiger charge is 2.02. The fraction of sp³-hybridized carbons (Fsp3) is 0.385. The molecule has 0 saturated heterocycles. The molecule has 6 heteroatoms. The van der Waals surface area contributed by atoms with Crippen LogP contribution in [-0.2, 0) is 14.3 Å². The Morgan fingerprint density at radius 2 is 1.89 bits per heavy atom. The van der Waals surface area contributed by atoms with Crippen molar-refractivity contribution in [2.45, 2.75) is 6.92 Å². The average Bonchev–Trinajstić information content (AvgIpc) is 2.39. The smallest absolute Gasteiger partial charge is 0.302 e. The minimum atomic E-state index is -0.329. The Hall–Kier alpha value is -2.08. The molecule has 0 bridgehead atoms. The summed E-state index contributed by atoms with van der Waals surface area (Å²) in [6.07, 6.45) is 0. The maximum atomic E-state index is 11.6. The predicted molar refractivity (Wildman–Crippen MR) is 71.1 cm³/mol. The first-order valence-corrected chi connectivity index (χ1v) is 5.90. The lowest BCUT2D eigenvalue weighted by molar-refractivity contribution is -0.140. The molecule has 0 saturated carbocycles. The number of hydrogen-bond donors (Lipinski definition) is 2. The second-order valence-electron chi connectivity index (χ2n) is 3.79. The molecular weight excluding hydrogens is 248 g/mol. The molecular formula is C13H18N2O4. The fourth-order valence-corrected chi connectivity index (χ4v) is 1.35. The number of rotatable bonds is 7. The van der Waals surface area contributed by atoms with Crippen molar-refractivity contribution in [1.29, 1.82) is 0 Å². The number of carbonyl (C=O) groups excluding carboxylic acids is 2. The number of hydrogen-bond acceptors (Lipinski definition) is 5. The monoisotopic (exact) mass is 266 g/mol. The number of anilines is 1. The maximum absolute atomic E-state index is 11.6. The highest BCUT2D eigenvalue weighted by atomic mass is 16.5. The van der Waals surface area contributed by atoms with Gasteiger partial charge in [-0.15, -0.1) is 0 Å². The second kappa shape index (κ2) is 8.10. The Labute approximate surface area is 112 Å². The van der Waals surface area contributed by atoms with Gasteiger partial charge in [0.25, 0.3) is 0 Å². The summed E-state index contributed by atoms with van der Waals surface area (Å²) < 4.78 is 9.74. The number of ether oxygens (including phenoxy) is 2. The van der Waals surface area contributed by atoms with Gasteiger partial charge in [0.2, 0.25) is 5.91 Å². The largest absolute Gasteiger partial charge is 0.497 e. The highest BCUT2D eigenvalue weighted by molar-refractivity contribution is 5.92. The van der Waals surface area contributed by atoms with Crippen LogP contribution in [0.25, 0.3) is 0 Å². The van der Waals surface area contributed by atoms with Crippen molar-refractivity contribution < 1.29 is 19.1 Å². The van der Waals surface area contributed by atoms with Gasteiger partial charge in [0, 0.05) is 19.2 Å². The zero-order valence-corrected chi connectivity index (χ0v) is 11.1. The highest BCUT2D eigenvalue weighted by Crippen LogP contribution is 2.14. The van der Waals surface area contributed by atoms with E-state index in [2.05, 4.69) is 10.6 Å². The molecule has 2 N–H and O–H groups in total. The van der Waals surface area contributed by atoms with Crippen LogP contribution in [0.15, 0.2) is 24.3 Å². The molecule has 0 aliphatic heterocycles. The molecule has 0 aliphatic rings. The van der Waals surface area contributed by atoms with Crippen molar-refractivity contribution in [3.8, 4) is 5.75 Å². The molecule has 6 nitrogen and oxygen atoms in total. The van der Waals surface area contributed by atoms with Gasteiger partial charge in [0.1, 0.15) is 12.4 Å². The lowest BCUT2D eigenvalue weighted by atomic mass is 10.3. The molecule has 0 atom stereocenters. The van der Waals surface area contributed by atoms with Gasteiger partial charge in [-0.25, -0.2) is 0 Å². The minimum absolute atomic E-state index is 0.159. The Bertz CT molecular complexity index is 417. The third-order valence-electron chi connectivity index (χ3n) is 2.24. The number of amides is 1. The van der Waals surface area contributed by atoms with E-state index in [0.29, 0.717) is 12.2 Å². The Balaban J connectivity index is 2.21. The van der Waals surface area contributed by atoms with E-state index in [9.17, 15) is 9.59 Å². The van der Waals surface area contributed by atoms with E-state index in [4.69, 9.17) is 9.47 Å². The van der Waals surface area contributed by atoms with Gasteiger partial charge in [-0.05, 0) is 24.3 Å². The molecule has 0 fully saturated rings. The van der Waals surface area contributed by atoms with Crippen molar-refractivity contribution in [2.24, 2.45) is 0 Å². The average molecular weight is 266 g/mol. The van der Waals surface area contributed by atoms with Crippen LogP contribution in [0.4, 0.5) is 5.69 Å². The van der Waals surface area contributed by atoms with Crippen LogP contribution in [-0.4, -0.2) is 38.7 Å². The maximum Gasteiger partial charge on any atom is 0.302 e. The Morgan fingerprint density at radius 3 is 2.47 bits per heavy atom. The van der Waals surface area contributed by atoms with Gasteiger partial charge < -0.3 is 20.1 Å². The first-order chi connectivity index (χ1) is 9.11. The van der Waals surface area contributed by atoms with Crippen LogP contribution >= 0.6 is 0 Å². The van der Waals surface area contributed by atoms with Crippen molar-refractivity contribution in [3.05, 3.63) is 24.3 Å². The minimum Gasteiger partial charge on any atom is -0.497 e. The zero-order valence-electron chi connectivity index (χ0n) is 11.1. The quantitative estimate of drug-likeness (QED) is 0.563. The Kier molecular flexibility index (Phi) is 6.38. The molecule has 0 unspecified atom stereocenters. The van der Waals surface area contributed by atoms with Crippen LogP contribution < -0.4 is 15.4 Å². The lowest BCUT2D eigenvalue weighted by Gasteiger charge is -2.07. The van der Waals surface area contributed by atoms with Crippen LogP contribution in [0.5, 0.6) is 5.75 Å². The molecule has 0 heterocycles. The lowest BCUT2D eigenvalue weighted by Crippen LogP contribution is -2.30. The van der Waals surface area contributed by atoms with Gasteiger partial charge in [-0.3, -0.25) is 9.59 Å². The zero-order chi connectivity index (χ0) is 14.1. The third kappa shape index (κ3) is 6.42. The number of benzene rings is 1. The van der Waals surface area contributed by atoms with E-state index in [1.807, 2.05) is 0 Å². The molecule has 1 aromatic carbocycles.